The third-order valence-electron chi connectivity index (χ3n) is 4.83. The average Bonchev–Trinajstić information content (AvgIpc) is 3.08. The van der Waals surface area contributed by atoms with Gasteiger partial charge in [0, 0.05) is 30.2 Å². The average molecular weight is 435 g/mol. The van der Waals surface area contributed by atoms with Gasteiger partial charge in [-0.05, 0) is 44.2 Å². The van der Waals surface area contributed by atoms with E-state index in [4.69, 9.17) is 4.42 Å². The van der Waals surface area contributed by atoms with Crippen LogP contribution in [0.5, 0.6) is 0 Å². The monoisotopic (exact) mass is 435 g/mol. The molecule has 10 heteroatoms. The number of hydrogen-bond donors (Lipinski definition) is 0. The first kappa shape index (κ1) is 22.5. The van der Waals surface area contributed by atoms with Crippen molar-refractivity contribution >= 4 is 38.0 Å². The number of anilines is 1. The maximum absolute atomic E-state index is 12.7. The van der Waals surface area contributed by atoms with Gasteiger partial charge in [0.15, 0.2) is 16.1 Å². The van der Waals surface area contributed by atoms with Crippen LogP contribution in [0.1, 0.15) is 13.8 Å². The Hall–Kier alpha value is -2.17. The molecule has 0 N–H and O–H groups in total. The number of benzene rings is 2. The van der Waals surface area contributed by atoms with Crippen molar-refractivity contribution in [3.05, 3.63) is 59.0 Å². The summed E-state index contributed by atoms with van der Waals surface area (Å²) in [5, 5.41) is 0.595. The number of para-hydroxylation sites is 2. The molecule has 0 bridgehead atoms. The molecule has 4 rings (SSSR count). The molecule has 0 aliphatic carbocycles. The van der Waals surface area contributed by atoms with E-state index in [0.29, 0.717) is 20.5 Å². The maximum Gasteiger partial charge on any atom is 1.00 e. The molecule has 0 saturated heterocycles. The van der Waals surface area contributed by atoms with Gasteiger partial charge >= 0.3 is 35.2 Å². The Balaban J connectivity index is 0.00000256. The second-order valence-electron chi connectivity index (χ2n) is 6.49. The first-order chi connectivity index (χ1) is 13.8. The molecule has 4 aromatic rings. The van der Waals surface area contributed by atoms with E-state index in [1.807, 2.05) is 19.9 Å². The third-order valence-corrected chi connectivity index (χ3v) is 5.65. The molecule has 0 atom stereocenters. The van der Waals surface area contributed by atoms with Crippen LogP contribution >= 0.6 is 0 Å². The molecule has 150 valence electrons. The fraction of sp³-hybridized carbons (Fsp3) is 0.200. The predicted octanol–water partition coefficient (Wildman–Crippen LogP) is -0.0318. The fourth-order valence-corrected chi connectivity index (χ4v) is 4.19. The number of nitrogens with zero attached hydrogens (tertiary/aromatic N) is 3. The molecule has 2 heterocycles. The van der Waals surface area contributed by atoms with E-state index in [2.05, 4.69) is 9.88 Å². The molecular formula is C20H18N3NaO5S. The van der Waals surface area contributed by atoms with E-state index >= 15 is 0 Å². The number of fused-ring (bicyclic) bond motifs is 2. The molecule has 30 heavy (non-hydrogen) atoms. The van der Waals surface area contributed by atoms with Crippen molar-refractivity contribution in [1.29, 1.82) is 0 Å². The summed E-state index contributed by atoms with van der Waals surface area (Å²) in [6.45, 7) is 5.66. The van der Waals surface area contributed by atoms with Gasteiger partial charge in [-0.3, -0.25) is 0 Å². The van der Waals surface area contributed by atoms with Crippen LogP contribution in [0.2, 0.25) is 0 Å². The van der Waals surface area contributed by atoms with Gasteiger partial charge in [0.1, 0.15) is 11.1 Å². The Morgan fingerprint density at radius 1 is 1.10 bits per heavy atom. The SMILES string of the molecule is CCN(CC)c1ccc2cc(-c3nc4ccccc4n3S(=O)(=O)[O-])c(=O)oc2c1.[Na+]. The molecule has 0 fully saturated rings. The minimum atomic E-state index is -4.94. The first-order valence-corrected chi connectivity index (χ1v) is 10.5. The van der Waals surface area contributed by atoms with Crippen LogP contribution in [-0.2, 0) is 10.3 Å². The van der Waals surface area contributed by atoms with Crippen LogP contribution in [-0.4, -0.2) is 35.0 Å². The zero-order valence-electron chi connectivity index (χ0n) is 16.8. The molecule has 2 aromatic carbocycles. The predicted molar refractivity (Wildman–Crippen MR) is 110 cm³/mol. The normalized spacial score (nSPS) is 11.6. The Bertz CT molecular complexity index is 1390. The number of rotatable bonds is 5. The van der Waals surface area contributed by atoms with E-state index in [9.17, 15) is 17.8 Å². The summed E-state index contributed by atoms with van der Waals surface area (Å²) in [5.41, 5.74) is 0.814. The summed E-state index contributed by atoms with van der Waals surface area (Å²) in [6.07, 6.45) is 0. The summed E-state index contributed by atoms with van der Waals surface area (Å²) in [4.78, 5) is 19.0. The molecule has 0 amide bonds. The van der Waals surface area contributed by atoms with Gasteiger partial charge in [-0.2, -0.15) is 0 Å². The minimum absolute atomic E-state index is 0. The Kier molecular flexibility index (Phi) is 6.40. The largest absolute Gasteiger partial charge is 1.00 e. The molecule has 8 nitrogen and oxygen atoms in total. The van der Waals surface area contributed by atoms with E-state index in [0.717, 1.165) is 18.8 Å². The summed E-state index contributed by atoms with van der Waals surface area (Å²) >= 11 is 0. The van der Waals surface area contributed by atoms with Crippen molar-refractivity contribution in [3.8, 4) is 11.4 Å². The minimum Gasteiger partial charge on any atom is -0.731 e. The number of hydrogen-bond acceptors (Lipinski definition) is 7. The van der Waals surface area contributed by atoms with Crippen molar-refractivity contribution < 1.29 is 46.9 Å². The molecule has 0 spiro atoms. The second kappa shape index (κ2) is 8.52. The Labute approximate surface area is 195 Å². The number of imidazole rings is 1. The van der Waals surface area contributed by atoms with Crippen LogP contribution in [0.25, 0.3) is 33.4 Å². The van der Waals surface area contributed by atoms with Gasteiger partial charge < -0.3 is 13.9 Å². The Morgan fingerprint density at radius 2 is 1.80 bits per heavy atom. The molecule has 0 saturated carbocycles. The molecule has 0 aliphatic rings. The van der Waals surface area contributed by atoms with Gasteiger partial charge in [-0.25, -0.2) is 22.2 Å². The third kappa shape index (κ3) is 3.91. The topological polar surface area (TPSA) is 108 Å². The summed E-state index contributed by atoms with van der Waals surface area (Å²) in [6, 6.07) is 13.2. The van der Waals surface area contributed by atoms with Crippen molar-refractivity contribution in [3.63, 3.8) is 0 Å². The number of aromatic nitrogens is 2. The van der Waals surface area contributed by atoms with Crippen molar-refractivity contribution in [1.82, 2.24) is 8.96 Å². The Morgan fingerprint density at radius 3 is 2.47 bits per heavy atom. The van der Waals surface area contributed by atoms with Crippen LogP contribution in [0.4, 0.5) is 5.69 Å². The quantitative estimate of drug-likeness (QED) is 0.246. The van der Waals surface area contributed by atoms with Crippen molar-refractivity contribution in [2.24, 2.45) is 0 Å². The second-order valence-corrected chi connectivity index (χ2v) is 7.71. The fourth-order valence-electron chi connectivity index (χ4n) is 3.44. The molecule has 0 aliphatic heterocycles. The van der Waals surface area contributed by atoms with Crippen LogP contribution in [0.3, 0.4) is 0 Å². The smallest absolute Gasteiger partial charge is 0.731 e. The zero-order valence-corrected chi connectivity index (χ0v) is 19.6. The standard InChI is InChI=1S/C20H19N3O5S.Na/c1-3-22(4-2)14-10-9-13-11-15(20(24)28-18(13)12-14)19-21-16-7-5-6-8-17(16)23(19)29(25,26)27;/h5-12H,3-4H2,1-2H3,(H,25,26,27);/q;+1/p-1. The zero-order chi connectivity index (χ0) is 20.8. The van der Waals surface area contributed by atoms with E-state index in [1.54, 1.807) is 30.3 Å². The molecule has 0 unspecified atom stereocenters. The van der Waals surface area contributed by atoms with Gasteiger partial charge in [0.05, 0.1) is 11.0 Å². The summed E-state index contributed by atoms with van der Waals surface area (Å²) in [5.74, 6) is -0.260. The van der Waals surface area contributed by atoms with Crippen molar-refractivity contribution in [2.45, 2.75) is 13.8 Å². The van der Waals surface area contributed by atoms with Gasteiger partial charge in [0.25, 0.3) is 0 Å². The van der Waals surface area contributed by atoms with Gasteiger partial charge in [0.2, 0.25) is 0 Å². The van der Waals surface area contributed by atoms with Crippen LogP contribution < -0.4 is 40.1 Å². The first-order valence-electron chi connectivity index (χ1n) is 9.10. The van der Waals surface area contributed by atoms with E-state index in [-0.39, 0.29) is 46.5 Å². The summed E-state index contributed by atoms with van der Waals surface area (Å²) in [7, 11) is -4.94. The summed E-state index contributed by atoms with van der Waals surface area (Å²) < 4.78 is 41.7. The molecular weight excluding hydrogens is 417 g/mol. The van der Waals surface area contributed by atoms with E-state index in [1.165, 1.54) is 12.1 Å². The van der Waals surface area contributed by atoms with E-state index < -0.39 is 15.9 Å². The van der Waals surface area contributed by atoms with Crippen LogP contribution in [0, 0.1) is 0 Å². The molecule has 0 radical (unpaired) electrons. The van der Waals surface area contributed by atoms with Gasteiger partial charge in [-0.15, -0.1) is 0 Å². The maximum atomic E-state index is 12.7. The van der Waals surface area contributed by atoms with Crippen LogP contribution in [0.15, 0.2) is 57.7 Å². The van der Waals surface area contributed by atoms with Crippen molar-refractivity contribution in [2.75, 3.05) is 18.0 Å². The van der Waals surface area contributed by atoms with Gasteiger partial charge in [-0.1, -0.05) is 12.1 Å². The molecule has 2 aromatic heterocycles.